The highest BCUT2D eigenvalue weighted by molar-refractivity contribution is 8.06. The SMILES string of the molecule is CC(C)COP(O)(O)=S.CCCCCCCCN. The van der Waals surface area contributed by atoms with E-state index < -0.39 is 6.72 Å². The maximum atomic E-state index is 8.53. The van der Waals surface area contributed by atoms with Crippen molar-refractivity contribution in [2.75, 3.05) is 13.2 Å². The maximum absolute atomic E-state index is 8.53. The predicted molar refractivity (Wildman–Crippen MR) is 81.9 cm³/mol. The van der Waals surface area contributed by atoms with Gasteiger partial charge in [-0.05, 0) is 30.7 Å². The Morgan fingerprint density at radius 1 is 1.11 bits per heavy atom. The molecule has 0 aliphatic carbocycles. The maximum Gasteiger partial charge on any atom is 0.321 e. The van der Waals surface area contributed by atoms with Crippen LogP contribution in [0.4, 0.5) is 0 Å². The molecule has 0 heterocycles. The average molecular weight is 299 g/mol. The van der Waals surface area contributed by atoms with Gasteiger partial charge in [0.15, 0.2) is 0 Å². The summed E-state index contributed by atoms with van der Waals surface area (Å²) in [6.45, 7) is 3.85. The first-order chi connectivity index (χ1) is 8.33. The van der Waals surface area contributed by atoms with Gasteiger partial charge in [0.25, 0.3) is 0 Å². The monoisotopic (exact) mass is 299 g/mol. The molecule has 0 aromatic heterocycles. The molecule has 0 aliphatic heterocycles. The van der Waals surface area contributed by atoms with Crippen LogP contribution in [-0.4, -0.2) is 22.9 Å². The first-order valence-electron chi connectivity index (χ1n) is 6.73. The minimum atomic E-state index is -3.39. The van der Waals surface area contributed by atoms with Gasteiger partial charge in [-0.25, -0.2) is 0 Å². The molecule has 4 nitrogen and oxygen atoms in total. The number of unbranched alkanes of at least 4 members (excludes halogenated alkanes) is 5. The molecule has 0 bridgehead atoms. The third-order valence-corrected chi connectivity index (χ3v) is 2.94. The van der Waals surface area contributed by atoms with Crippen LogP contribution in [0.1, 0.15) is 59.3 Å². The Morgan fingerprint density at radius 2 is 1.61 bits per heavy atom. The third kappa shape index (κ3) is 25.4. The molecule has 18 heavy (non-hydrogen) atoms. The largest absolute Gasteiger partial charge is 0.330 e. The smallest absolute Gasteiger partial charge is 0.321 e. The van der Waals surface area contributed by atoms with E-state index in [2.05, 4.69) is 23.3 Å². The van der Waals surface area contributed by atoms with Crippen LogP contribution in [-0.2, 0) is 16.3 Å². The van der Waals surface area contributed by atoms with E-state index in [1.54, 1.807) is 0 Å². The van der Waals surface area contributed by atoms with Crippen LogP contribution in [0.5, 0.6) is 0 Å². The summed E-state index contributed by atoms with van der Waals surface area (Å²) >= 11 is 4.20. The molecule has 0 saturated heterocycles. The zero-order valence-electron chi connectivity index (χ0n) is 12.0. The summed E-state index contributed by atoms with van der Waals surface area (Å²) < 4.78 is 4.53. The summed E-state index contributed by atoms with van der Waals surface area (Å²) in [6.07, 6.45) is 8.05. The van der Waals surface area contributed by atoms with Gasteiger partial charge in [0.05, 0.1) is 6.61 Å². The molecule has 0 spiro atoms. The summed E-state index contributed by atoms with van der Waals surface area (Å²) in [6, 6.07) is 0. The van der Waals surface area contributed by atoms with Crippen molar-refractivity contribution in [3.63, 3.8) is 0 Å². The minimum Gasteiger partial charge on any atom is -0.330 e. The second kappa shape index (κ2) is 13.9. The third-order valence-electron chi connectivity index (χ3n) is 2.13. The molecule has 0 unspecified atom stereocenters. The van der Waals surface area contributed by atoms with Crippen molar-refractivity contribution in [2.45, 2.75) is 59.3 Å². The van der Waals surface area contributed by atoms with Crippen LogP contribution in [0.3, 0.4) is 0 Å². The molecular weight excluding hydrogens is 269 g/mol. The number of rotatable bonds is 9. The van der Waals surface area contributed by atoms with Gasteiger partial charge >= 0.3 is 6.72 Å². The molecule has 0 aromatic rings. The van der Waals surface area contributed by atoms with Gasteiger partial charge in [0.2, 0.25) is 0 Å². The van der Waals surface area contributed by atoms with Gasteiger partial charge in [-0.1, -0.05) is 52.9 Å². The van der Waals surface area contributed by atoms with Gasteiger partial charge in [-0.15, -0.1) is 0 Å². The topological polar surface area (TPSA) is 75.7 Å². The second-order valence-electron chi connectivity index (χ2n) is 4.74. The van der Waals surface area contributed by atoms with Crippen LogP contribution in [0.25, 0.3) is 0 Å². The van der Waals surface area contributed by atoms with Gasteiger partial charge in [-0.3, -0.25) is 0 Å². The van der Waals surface area contributed by atoms with Gasteiger partial charge in [-0.2, -0.15) is 0 Å². The second-order valence-corrected chi connectivity index (χ2v) is 7.40. The fourth-order valence-electron chi connectivity index (χ4n) is 1.17. The van der Waals surface area contributed by atoms with E-state index in [-0.39, 0.29) is 5.92 Å². The van der Waals surface area contributed by atoms with E-state index in [0.29, 0.717) is 6.61 Å². The summed E-state index contributed by atoms with van der Waals surface area (Å²) in [4.78, 5) is 17.1. The van der Waals surface area contributed by atoms with E-state index in [1.807, 2.05) is 13.8 Å². The van der Waals surface area contributed by atoms with Crippen LogP contribution < -0.4 is 5.73 Å². The van der Waals surface area contributed by atoms with Gasteiger partial charge in [0, 0.05) is 0 Å². The molecule has 0 saturated carbocycles. The van der Waals surface area contributed by atoms with Gasteiger partial charge < -0.3 is 20.0 Å². The molecule has 0 aliphatic rings. The Morgan fingerprint density at radius 3 is 1.94 bits per heavy atom. The van der Waals surface area contributed by atoms with Crippen molar-refractivity contribution < 1.29 is 14.3 Å². The van der Waals surface area contributed by atoms with E-state index in [4.69, 9.17) is 15.5 Å². The standard InChI is InChI=1S/C8H19N.C4H11O3PS/c1-2-3-4-5-6-7-8-9;1-4(2)3-7-8(5,6)9/h2-9H2,1H3;4H,3H2,1-2H3,(H2,5,6,9). The van der Waals surface area contributed by atoms with Crippen LogP contribution >= 0.6 is 6.72 Å². The van der Waals surface area contributed by atoms with Crippen molar-refractivity contribution in [1.29, 1.82) is 0 Å². The Kier molecular flexibility index (Phi) is 16.1. The van der Waals surface area contributed by atoms with E-state index in [9.17, 15) is 0 Å². The Balaban J connectivity index is 0. The predicted octanol–water partition coefficient (Wildman–Crippen LogP) is 3.17. The first-order valence-corrected chi connectivity index (χ1v) is 9.36. The fourth-order valence-corrected chi connectivity index (χ4v) is 1.85. The van der Waals surface area contributed by atoms with E-state index >= 15 is 0 Å². The molecule has 0 fully saturated rings. The highest BCUT2D eigenvalue weighted by Gasteiger charge is 2.07. The molecule has 4 N–H and O–H groups in total. The summed E-state index contributed by atoms with van der Waals surface area (Å²) in [5.41, 5.74) is 5.34. The van der Waals surface area contributed by atoms with Crippen molar-refractivity contribution in [3.8, 4) is 0 Å². The lowest BCUT2D eigenvalue weighted by molar-refractivity contribution is 0.223. The van der Waals surface area contributed by atoms with E-state index in [1.165, 1.54) is 38.5 Å². The van der Waals surface area contributed by atoms with Crippen LogP contribution in [0.2, 0.25) is 0 Å². The zero-order valence-corrected chi connectivity index (χ0v) is 13.7. The highest BCUT2D eigenvalue weighted by Crippen LogP contribution is 2.36. The lowest BCUT2D eigenvalue weighted by Gasteiger charge is -2.09. The van der Waals surface area contributed by atoms with Crippen molar-refractivity contribution in [3.05, 3.63) is 0 Å². The normalized spacial score (nSPS) is 11.3. The summed E-state index contributed by atoms with van der Waals surface area (Å²) in [5.74, 6) is 0.284. The fraction of sp³-hybridized carbons (Fsp3) is 1.00. The lowest BCUT2D eigenvalue weighted by atomic mass is 10.1. The van der Waals surface area contributed by atoms with Crippen LogP contribution in [0, 0.1) is 5.92 Å². The number of hydrogen-bond acceptors (Lipinski definition) is 3. The molecule has 112 valence electrons. The summed E-state index contributed by atoms with van der Waals surface area (Å²) in [5, 5.41) is 0. The Hall–Kier alpha value is 0.490. The Bertz CT molecular complexity index is 203. The highest BCUT2D eigenvalue weighted by atomic mass is 32.5. The van der Waals surface area contributed by atoms with Crippen molar-refractivity contribution in [1.82, 2.24) is 0 Å². The number of hydrogen-bond donors (Lipinski definition) is 3. The average Bonchev–Trinajstić information content (AvgIpc) is 2.26. The molecule has 6 heteroatoms. The first kappa shape index (κ1) is 20.8. The van der Waals surface area contributed by atoms with Crippen molar-refractivity contribution >= 4 is 18.5 Å². The lowest BCUT2D eigenvalue weighted by Crippen LogP contribution is -1.98. The molecule has 0 atom stereocenters. The zero-order chi connectivity index (χ0) is 14.4. The van der Waals surface area contributed by atoms with E-state index in [0.717, 1.165) is 6.54 Å². The summed E-state index contributed by atoms with van der Waals surface area (Å²) in [7, 11) is 0. The molecule has 0 aromatic carbocycles. The number of nitrogens with two attached hydrogens (primary N) is 1. The molecule has 0 rings (SSSR count). The minimum absolute atomic E-state index is 0.284. The van der Waals surface area contributed by atoms with Crippen LogP contribution in [0.15, 0.2) is 0 Å². The van der Waals surface area contributed by atoms with Gasteiger partial charge in [0.1, 0.15) is 0 Å². The molecular formula is C12H30NO3PS. The molecule has 0 amide bonds. The molecule has 0 radical (unpaired) electrons. The van der Waals surface area contributed by atoms with Crippen molar-refractivity contribution in [2.24, 2.45) is 11.7 Å². The quantitative estimate of drug-likeness (QED) is 0.450. The Labute approximate surface area is 117 Å².